The topological polar surface area (TPSA) is 137 Å². The van der Waals surface area contributed by atoms with Gasteiger partial charge in [-0.05, 0) is 5.92 Å². The maximum Gasteiger partial charge on any atom is 0.330 e. The molecule has 2 heterocycles. The summed E-state index contributed by atoms with van der Waals surface area (Å²) in [5.74, 6) is -6.43. The number of carbonyl (C=O) groups is 1. The zero-order valence-electron chi connectivity index (χ0n) is 15.4. The van der Waals surface area contributed by atoms with Crippen LogP contribution in [0.3, 0.4) is 0 Å². The molecule has 0 spiro atoms. The lowest BCUT2D eigenvalue weighted by atomic mass is 10.1. The molecule has 1 fully saturated rings. The molecule has 0 aliphatic carbocycles. The number of nitrogens with one attached hydrogen (secondary N) is 1. The minimum atomic E-state index is -3.38. The molecule has 0 aromatic carbocycles. The van der Waals surface area contributed by atoms with Gasteiger partial charge in [0, 0.05) is 6.42 Å². The highest BCUT2D eigenvalue weighted by molar-refractivity contribution is 5.75. The number of ether oxygens (including phenoxy) is 2. The van der Waals surface area contributed by atoms with Crippen molar-refractivity contribution in [2.24, 2.45) is 11.7 Å². The molecule has 1 aromatic heterocycles. The highest BCUT2D eigenvalue weighted by atomic mass is 19.2. The molecule has 140 valence electrons. The van der Waals surface area contributed by atoms with Gasteiger partial charge in [-0.25, -0.2) is 9.18 Å². The van der Waals surface area contributed by atoms with Gasteiger partial charge in [0.15, 0.2) is 12.8 Å². The predicted molar refractivity (Wildman–Crippen MR) is 79.6 cm³/mol. The highest BCUT2D eigenvalue weighted by Crippen LogP contribution is 2.37. The highest BCUT2D eigenvalue weighted by Gasteiger charge is 2.49. The number of nitrogens with two attached hydrogens (primary N) is 1. The van der Waals surface area contributed by atoms with Crippen LogP contribution < -0.4 is 17.0 Å². The Kier molecular flexibility index (Phi) is 4.59. The van der Waals surface area contributed by atoms with E-state index in [4.69, 9.17) is 13.2 Å². The first-order chi connectivity index (χ1) is 12.3. The van der Waals surface area contributed by atoms with Gasteiger partial charge in [0.1, 0.15) is 12.1 Å². The van der Waals surface area contributed by atoms with Crippen molar-refractivity contribution in [2.75, 3.05) is 6.56 Å². The van der Waals surface area contributed by atoms with Crippen LogP contribution in [0.4, 0.5) is 8.78 Å². The largest absolute Gasteiger partial charge is 0.458 e. The number of aromatic amines is 1. The Morgan fingerprint density at radius 2 is 2.32 bits per heavy atom. The minimum absolute atomic E-state index is 0.362. The summed E-state index contributed by atoms with van der Waals surface area (Å²) < 4.78 is 53.5. The third-order valence-electron chi connectivity index (χ3n) is 3.60. The van der Waals surface area contributed by atoms with Crippen LogP contribution >= 0.6 is 0 Å². The van der Waals surface area contributed by atoms with E-state index in [0.717, 1.165) is 0 Å². The van der Waals surface area contributed by atoms with Crippen LogP contribution in [0.15, 0.2) is 15.8 Å². The van der Waals surface area contributed by atoms with E-state index in [1.807, 2.05) is 0 Å². The Labute approximate surface area is 143 Å². The predicted octanol–water partition coefficient (Wildman–Crippen LogP) is -0.852. The number of H-pyrrole nitrogens is 1. The molecule has 4 N–H and O–H groups in total. The number of aliphatic hydroxyl groups excluding tert-OH is 1. The summed E-state index contributed by atoms with van der Waals surface area (Å²) in [4.78, 5) is 36.3. The molecular formula is C14H19F2N3O6. The van der Waals surface area contributed by atoms with Crippen molar-refractivity contribution in [2.45, 2.75) is 44.5 Å². The van der Waals surface area contributed by atoms with Crippen molar-refractivity contribution < 1.29 is 30.9 Å². The van der Waals surface area contributed by atoms with Crippen molar-refractivity contribution in [1.29, 1.82) is 0 Å². The van der Waals surface area contributed by atoms with Crippen molar-refractivity contribution >= 4 is 5.97 Å². The quantitative estimate of drug-likeness (QED) is 0.578. The SMILES string of the molecule is [2H]C([2H])(OC(=O)[C@@H](N)C(C)C)[C@]1(F)C[C@@H](O)[C@H](n2cc(F)c(=O)[nH]c2=O)O1. The van der Waals surface area contributed by atoms with Crippen LogP contribution in [0.1, 0.15) is 29.2 Å². The summed E-state index contributed by atoms with van der Waals surface area (Å²) in [5.41, 5.74) is 2.99. The molecule has 2 rings (SSSR count). The molecule has 1 aromatic rings. The van der Waals surface area contributed by atoms with Crippen molar-refractivity contribution in [3.05, 3.63) is 32.9 Å². The lowest BCUT2D eigenvalue weighted by Gasteiger charge is -2.22. The second-order valence-electron chi connectivity index (χ2n) is 5.94. The van der Waals surface area contributed by atoms with Gasteiger partial charge >= 0.3 is 11.7 Å². The number of nitrogens with zero attached hydrogens (tertiary/aromatic N) is 1. The fourth-order valence-corrected chi connectivity index (χ4v) is 2.11. The van der Waals surface area contributed by atoms with Gasteiger partial charge in [0.25, 0.3) is 5.56 Å². The lowest BCUT2D eigenvalue weighted by Crippen LogP contribution is -2.40. The Morgan fingerprint density at radius 1 is 1.68 bits per heavy atom. The maximum atomic E-state index is 15.1. The van der Waals surface area contributed by atoms with Gasteiger partial charge in [-0.2, -0.15) is 4.39 Å². The van der Waals surface area contributed by atoms with E-state index in [-0.39, 0.29) is 0 Å². The van der Waals surface area contributed by atoms with Crippen LogP contribution in [-0.2, 0) is 14.3 Å². The van der Waals surface area contributed by atoms with E-state index < -0.39 is 66.2 Å². The molecule has 0 amide bonds. The number of carbonyl (C=O) groups excluding carboxylic acids is 1. The summed E-state index contributed by atoms with van der Waals surface area (Å²) in [6.07, 6.45) is -4.34. The molecule has 0 radical (unpaired) electrons. The number of aromatic nitrogens is 2. The minimum Gasteiger partial charge on any atom is -0.458 e. The van der Waals surface area contributed by atoms with Gasteiger partial charge in [-0.1, -0.05) is 13.8 Å². The van der Waals surface area contributed by atoms with Gasteiger partial charge in [-0.15, -0.1) is 0 Å². The molecule has 11 heteroatoms. The molecular weight excluding hydrogens is 344 g/mol. The number of alkyl halides is 1. The smallest absolute Gasteiger partial charge is 0.330 e. The zero-order valence-corrected chi connectivity index (χ0v) is 13.4. The summed E-state index contributed by atoms with van der Waals surface area (Å²) in [7, 11) is 0. The number of esters is 1. The molecule has 1 aliphatic rings. The second kappa shape index (κ2) is 7.02. The molecule has 0 saturated carbocycles. The second-order valence-corrected chi connectivity index (χ2v) is 5.94. The monoisotopic (exact) mass is 365 g/mol. The Balaban J connectivity index is 2.29. The number of halogens is 2. The van der Waals surface area contributed by atoms with Gasteiger partial charge in [-0.3, -0.25) is 19.1 Å². The standard InChI is InChI=1S/C14H19F2N3O6/c1-6(2)9(17)12(22)24-5-14(16)3-8(20)11(25-14)19-4-7(15)10(21)18-13(19)23/h4,6,8-9,11,20H,3,5,17H2,1-2H3,(H,18,21,23)/t8-,9+,11-,14+/m1/s1/i5D2. The molecule has 1 aliphatic heterocycles. The molecule has 9 nitrogen and oxygen atoms in total. The van der Waals surface area contributed by atoms with Crippen molar-refractivity contribution in [3.8, 4) is 0 Å². The number of hydrogen-bond donors (Lipinski definition) is 3. The molecule has 4 atom stereocenters. The fourth-order valence-electron chi connectivity index (χ4n) is 2.11. The maximum absolute atomic E-state index is 15.1. The van der Waals surface area contributed by atoms with Gasteiger partial charge < -0.3 is 20.3 Å². The third kappa shape index (κ3) is 4.11. The van der Waals surface area contributed by atoms with Crippen LogP contribution in [0.25, 0.3) is 0 Å². The van der Waals surface area contributed by atoms with E-state index in [2.05, 4.69) is 4.74 Å². The first-order valence-corrected chi connectivity index (χ1v) is 7.33. The van der Waals surface area contributed by atoms with E-state index in [1.54, 1.807) is 18.8 Å². The van der Waals surface area contributed by atoms with Gasteiger partial charge in [0.05, 0.1) is 8.94 Å². The van der Waals surface area contributed by atoms with E-state index in [0.29, 0.717) is 10.8 Å². The summed E-state index contributed by atoms with van der Waals surface area (Å²) in [5, 5.41) is 9.99. The first-order valence-electron chi connectivity index (χ1n) is 8.33. The van der Waals surface area contributed by atoms with Crippen molar-refractivity contribution in [3.63, 3.8) is 0 Å². The summed E-state index contributed by atoms with van der Waals surface area (Å²) in [6.45, 7) is -0.248. The molecule has 0 bridgehead atoms. The van der Waals surface area contributed by atoms with Crippen LogP contribution in [0.5, 0.6) is 0 Å². The molecule has 0 unspecified atom stereocenters. The summed E-state index contributed by atoms with van der Waals surface area (Å²) in [6, 6.07) is -1.23. The van der Waals surface area contributed by atoms with E-state index >= 15 is 4.39 Å². The third-order valence-corrected chi connectivity index (χ3v) is 3.60. The first kappa shape index (κ1) is 16.4. The average molecular weight is 365 g/mol. The van der Waals surface area contributed by atoms with Crippen molar-refractivity contribution in [1.82, 2.24) is 9.55 Å². The Morgan fingerprint density at radius 3 is 2.92 bits per heavy atom. The number of rotatable bonds is 5. The molecule has 25 heavy (non-hydrogen) atoms. The number of aliphatic hydroxyl groups is 1. The lowest BCUT2D eigenvalue weighted by molar-refractivity contribution is -0.197. The van der Waals surface area contributed by atoms with Crippen LogP contribution in [-0.4, -0.2) is 45.2 Å². The van der Waals surface area contributed by atoms with Crippen LogP contribution in [0, 0.1) is 11.7 Å². The zero-order chi connectivity index (χ0) is 20.7. The van der Waals surface area contributed by atoms with Gasteiger partial charge in [0.2, 0.25) is 11.7 Å². The normalized spacial score (nSPS) is 29.2. The molecule has 1 saturated heterocycles. The van der Waals surface area contributed by atoms with E-state index in [9.17, 15) is 23.9 Å². The fraction of sp³-hybridized carbons (Fsp3) is 0.643. The number of hydrogen-bond acceptors (Lipinski definition) is 7. The summed E-state index contributed by atoms with van der Waals surface area (Å²) >= 11 is 0. The van der Waals surface area contributed by atoms with E-state index in [1.165, 1.54) is 0 Å². The average Bonchev–Trinajstić information content (AvgIpc) is 2.86. The Hall–Kier alpha value is -2.11. The Bertz CT molecular complexity index is 845. The van der Waals surface area contributed by atoms with Crippen LogP contribution in [0.2, 0.25) is 0 Å².